The van der Waals surface area contributed by atoms with Gasteiger partial charge in [-0.25, -0.2) is 9.97 Å². The summed E-state index contributed by atoms with van der Waals surface area (Å²) in [5.74, 6) is 0.857. The third kappa shape index (κ3) is 3.09. The number of pyridine rings is 2. The van der Waals surface area contributed by atoms with Crippen LogP contribution in [0.4, 0.5) is 11.5 Å². The maximum Gasteiger partial charge on any atom is 0.189 e. The zero-order valence-corrected chi connectivity index (χ0v) is 14.2. The van der Waals surface area contributed by atoms with Crippen LogP contribution < -0.4 is 10.6 Å². The lowest BCUT2D eigenvalue weighted by atomic mass is 10.2. The minimum absolute atomic E-state index is 0.653. The number of hydrogen-bond donors (Lipinski definition) is 3. The first kappa shape index (κ1) is 15.3. The quantitative estimate of drug-likeness (QED) is 0.519. The fraction of sp³-hybridized carbons (Fsp3) is 0.167. The summed E-state index contributed by atoms with van der Waals surface area (Å²) in [4.78, 5) is 12.4. The molecular formula is C18H20N7+. The number of nitrogens with two attached hydrogens (primary N) is 1. The van der Waals surface area contributed by atoms with Crippen molar-refractivity contribution >= 4 is 22.5 Å². The van der Waals surface area contributed by atoms with Crippen molar-refractivity contribution in [2.75, 3.05) is 12.4 Å². The van der Waals surface area contributed by atoms with E-state index in [-0.39, 0.29) is 0 Å². The third-order valence-corrected chi connectivity index (χ3v) is 4.13. The average molecular weight is 334 g/mol. The highest BCUT2D eigenvalue weighted by Crippen LogP contribution is 2.23. The number of aromatic amines is 1. The lowest BCUT2D eigenvalue weighted by Crippen LogP contribution is -2.73. The number of anilines is 1. The molecular weight excluding hydrogens is 314 g/mol. The maximum atomic E-state index is 4.77. The van der Waals surface area contributed by atoms with Gasteiger partial charge in [0.25, 0.3) is 0 Å². The van der Waals surface area contributed by atoms with E-state index in [1.54, 1.807) is 10.9 Å². The number of nitrogens with zero attached hydrogens (tertiary/aromatic N) is 4. The second-order valence-electron chi connectivity index (χ2n) is 5.92. The number of quaternary nitrogens is 1. The van der Waals surface area contributed by atoms with Crippen LogP contribution in [0.3, 0.4) is 0 Å². The molecule has 0 saturated heterocycles. The number of nitrogens with one attached hydrogen (secondary N) is 2. The molecule has 0 unspecified atom stereocenters. The number of aryl methyl sites for hydroxylation is 1. The lowest BCUT2D eigenvalue weighted by molar-refractivity contribution is -0.538. The van der Waals surface area contributed by atoms with Gasteiger partial charge >= 0.3 is 0 Å². The molecule has 0 radical (unpaired) electrons. The molecule has 0 aliphatic rings. The van der Waals surface area contributed by atoms with Crippen LogP contribution in [0, 0.1) is 0 Å². The molecule has 0 saturated carbocycles. The van der Waals surface area contributed by atoms with Crippen LogP contribution in [0.15, 0.2) is 48.9 Å². The molecule has 7 nitrogen and oxygen atoms in total. The summed E-state index contributed by atoms with van der Waals surface area (Å²) in [7, 11) is 3.92. The van der Waals surface area contributed by atoms with Gasteiger partial charge in [-0.05, 0) is 24.3 Å². The van der Waals surface area contributed by atoms with E-state index < -0.39 is 0 Å². The van der Waals surface area contributed by atoms with Gasteiger partial charge in [0, 0.05) is 42.2 Å². The maximum absolute atomic E-state index is 4.77. The predicted molar refractivity (Wildman–Crippen MR) is 97.4 cm³/mol. The van der Waals surface area contributed by atoms with E-state index in [0.717, 1.165) is 39.5 Å². The molecule has 4 rings (SSSR count). The Morgan fingerprint density at radius 2 is 2.20 bits per heavy atom. The Kier molecular flexibility index (Phi) is 3.91. The Balaban J connectivity index is 1.59. The van der Waals surface area contributed by atoms with E-state index in [9.17, 15) is 0 Å². The summed E-state index contributed by atoms with van der Waals surface area (Å²) in [6.07, 6.45) is 5.58. The van der Waals surface area contributed by atoms with Crippen LogP contribution in [0.2, 0.25) is 0 Å². The molecule has 4 aromatic heterocycles. The van der Waals surface area contributed by atoms with Crippen molar-refractivity contribution in [3.63, 3.8) is 0 Å². The summed E-state index contributed by atoms with van der Waals surface area (Å²) < 4.78 is 1.78. The van der Waals surface area contributed by atoms with E-state index in [2.05, 4.69) is 43.9 Å². The van der Waals surface area contributed by atoms with E-state index in [1.807, 2.05) is 38.6 Å². The molecule has 7 heteroatoms. The summed E-state index contributed by atoms with van der Waals surface area (Å²) in [6.45, 7) is 0.653. The van der Waals surface area contributed by atoms with E-state index in [1.165, 1.54) is 0 Å². The molecule has 0 aliphatic heterocycles. The second kappa shape index (κ2) is 6.37. The second-order valence-corrected chi connectivity index (χ2v) is 5.92. The SMILES string of the molecule is C[NH2+]c1ccc(-c2cnn(C)c2)nc1NCc1cc2cccnc2[nH]1. The van der Waals surface area contributed by atoms with Crippen molar-refractivity contribution in [2.24, 2.45) is 7.05 Å². The lowest BCUT2D eigenvalue weighted by Gasteiger charge is -2.08. The van der Waals surface area contributed by atoms with Crippen LogP contribution in [0.5, 0.6) is 0 Å². The zero-order chi connectivity index (χ0) is 17.2. The standard InChI is InChI=1S/C18H19N7/c1-19-16-6-5-15(13-9-22-25(2)11-13)24-18(16)21-10-14-8-12-4-3-7-20-17(12)23-14/h3-9,11,19H,10H2,1-2H3,(H,20,23)(H,21,24)/p+1. The van der Waals surface area contributed by atoms with Gasteiger partial charge in [-0.15, -0.1) is 0 Å². The molecule has 126 valence electrons. The van der Waals surface area contributed by atoms with Crippen LogP contribution in [-0.2, 0) is 13.6 Å². The number of fused-ring (bicyclic) bond motifs is 1. The van der Waals surface area contributed by atoms with E-state index in [4.69, 9.17) is 4.98 Å². The van der Waals surface area contributed by atoms with Gasteiger partial charge in [0.1, 0.15) is 5.65 Å². The van der Waals surface area contributed by atoms with Gasteiger partial charge < -0.3 is 15.6 Å². The fourth-order valence-electron chi connectivity index (χ4n) is 2.85. The Hall–Kier alpha value is -3.19. The molecule has 0 atom stereocenters. The third-order valence-electron chi connectivity index (χ3n) is 4.13. The van der Waals surface area contributed by atoms with Gasteiger partial charge in [0.2, 0.25) is 0 Å². The van der Waals surface area contributed by atoms with Gasteiger partial charge in [-0.1, -0.05) is 0 Å². The van der Waals surface area contributed by atoms with E-state index >= 15 is 0 Å². The van der Waals surface area contributed by atoms with Gasteiger partial charge in [-0.3, -0.25) is 4.68 Å². The first-order chi connectivity index (χ1) is 12.2. The number of rotatable bonds is 5. The minimum Gasteiger partial charge on any atom is -0.360 e. The highest BCUT2D eigenvalue weighted by atomic mass is 15.2. The molecule has 0 amide bonds. The number of hydrogen-bond acceptors (Lipinski definition) is 4. The molecule has 0 fully saturated rings. The van der Waals surface area contributed by atoms with Gasteiger partial charge in [0.15, 0.2) is 11.5 Å². The van der Waals surface area contributed by atoms with Crippen molar-refractivity contribution < 1.29 is 5.32 Å². The molecule has 0 aliphatic carbocycles. The molecule has 4 N–H and O–H groups in total. The summed E-state index contributed by atoms with van der Waals surface area (Å²) in [6, 6.07) is 10.2. The normalized spacial score (nSPS) is 11.1. The van der Waals surface area contributed by atoms with Gasteiger partial charge in [-0.2, -0.15) is 5.10 Å². The summed E-state index contributed by atoms with van der Waals surface area (Å²) >= 11 is 0. The topological polar surface area (TPSA) is 88.0 Å². The van der Waals surface area contributed by atoms with Crippen molar-refractivity contribution in [1.82, 2.24) is 24.7 Å². The largest absolute Gasteiger partial charge is 0.360 e. The minimum atomic E-state index is 0.653. The van der Waals surface area contributed by atoms with Crippen molar-refractivity contribution in [3.05, 3.63) is 54.6 Å². The highest BCUT2D eigenvalue weighted by Gasteiger charge is 2.11. The molecule has 4 heterocycles. The zero-order valence-electron chi connectivity index (χ0n) is 14.2. The smallest absolute Gasteiger partial charge is 0.189 e. The first-order valence-electron chi connectivity index (χ1n) is 8.19. The first-order valence-corrected chi connectivity index (χ1v) is 8.19. The van der Waals surface area contributed by atoms with Crippen molar-refractivity contribution in [2.45, 2.75) is 6.54 Å². The van der Waals surface area contributed by atoms with Gasteiger partial charge in [0.05, 0.1) is 25.5 Å². The highest BCUT2D eigenvalue weighted by molar-refractivity contribution is 5.76. The van der Waals surface area contributed by atoms with Crippen LogP contribution >= 0.6 is 0 Å². The predicted octanol–water partition coefficient (Wildman–Crippen LogP) is 1.80. The van der Waals surface area contributed by atoms with Crippen molar-refractivity contribution in [1.29, 1.82) is 0 Å². The van der Waals surface area contributed by atoms with E-state index in [0.29, 0.717) is 6.54 Å². The van der Waals surface area contributed by atoms with Crippen LogP contribution in [0.1, 0.15) is 5.69 Å². The molecule has 0 aromatic carbocycles. The Morgan fingerprint density at radius 3 is 2.96 bits per heavy atom. The number of H-pyrrole nitrogens is 1. The Bertz CT molecular complexity index is 982. The average Bonchev–Trinajstić information content (AvgIpc) is 3.25. The summed E-state index contributed by atoms with van der Waals surface area (Å²) in [5.41, 5.74) is 4.95. The molecule has 0 spiro atoms. The van der Waals surface area contributed by atoms with Crippen LogP contribution in [0.25, 0.3) is 22.3 Å². The fourth-order valence-corrected chi connectivity index (χ4v) is 2.85. The Morgan fingerprint density at radius 1 is 1.28 bits per heavy atom. The molecule has 0 bridgehead atoms. The number of aromatic nitrogens is 5. The van der Waals surface area contributed by atoms with Crippen LogP contribution in [-0.4, -0.2) is 31.8 Å². The monoisotopic (exact) mass is 334 g/mol. The van der Waals surface area contributed by atoms with Crippen molar-refractivity contribution in [3.8, 4) is 11.3 Å². The Labute approximate surface area is 145 Å². The molecule has 25 heavy (non-hydrogen) atoms. The summed E-state index contributed by atoms with van der Waals surface area (Å²) in [5, 5.41) is 10.8. The molecule has 4 aromatic rings.